The van der Waals surface area contributed by atoms with Crippen LogP contribution in [0.2, 0.25) is 0 Å². The van der Waals surface area contributed by atoms with E-state index in [2.05, 4.69) is 10.3 Å². The van der Waals surface area contributed by atoms with E-state index in [0.29, 0.717) is 5.13 Å². The predicted octanol–water partition coefficient (Wildman–Crippen LogP) is -1.52. The molecule has 0 aromatic carbocycles. The van der Waals surface area contributed by atoms with Crippen LogP contribution in [-0.4, -0.2) is 23.1 Å². The standard InChI is InChI=1S/C5H6N2O2S.Rb/c1-6-5-7-2-3(10-5)4(8)9;/h2H,1H3,(H2,6,7,8,9);/q;+1/p-1. The largest absolute Gasteiger partial charge is 1.00 e. The van der Waals surface area contributed by atoms with Gasteiger partial charge in [0, 0.05) is 0 Å². The summed E-state index contributed by atoms with van der Waals surface area (Å²) >= 11 is 1.06. The molecule has 0 amide bonds. The molecule has 6 heteroatoms. The van der Waals surface area contributed by atoms with Crippen LogP contribution in [0.5, 0.6) is 0 Å². The second-order valence-electron chi connectivity index (χ2n) is 1.54. The third-order valence-corrected chi connectivity index (χ3v) is 1.87. The van der Waals surface area contributed by atoms with Crippen molar-refractivity contribution in [1.82, 2.24) is 4.98 Å². The van der Waals surface area contributed by atoms with Gasteiger partial charge >= 0.3 is 64.2 Å². The van der Waals surface area contributed by atoms with Gasteiger partial charge < -0.3 is 15.4 Å². The molecule has 0 atom stereocenters. The van der Waals surface area contributed by atoms with Crippen LogP contribution in [0.1, 0.15) is 9.67 Å². The van der Waals surface area contributed by atoms with E-state index >= 15 is 0 Å². The first-order valence-electron chi connectivity index (χ1n) is 2.53. The zero-order chi connectivity index (χ0) is 7.56. The molecule has 1 aromatic rings. The molecular weight excluding hydrogens is 238 g/mol. The van der Waals surface area contributed by atoms with Crippen molar-refractivity contribution in [3.63, 3.8) is 0 Å². The van der Waals surface area contributed by atoms with E-state index in [4.69, 9.17) is 5.11 Å². The Morgan fingerprint density at radius 3 is 2.73 bits per heavy atom. The van der Waals surface area contributed by atoms with Gasteiger partial charge in [-0.2, -0.15) is 0 Å². The number of aromatic nitrogens is 1. The Morgan fingerprint density at radius 1 is 1.82 bits per heavy atom. The molecule has 0 spiro atoms. The van der Waals surface area contributed by atoms with Crippen molar-refractivity contribution < 1.29 is 68.1 Å². The van der Waals surface area contributed by atoms with E-state index in [1.54, 1.807) is 7.05 Å². The van der Waals surface area contributed by atoms with Gasteiger partial charge in [0.25, 0.3) is 0 Å². The van der Waals surface area contributed by atoms with Crippen molar-refractivity contribution in [3.05, 3.63) is 16.4 Å². The molecule has 0 radical (unpaired) electrons. The molecule has 0 unspecified atom stereocenters. The SMILES string of the molecule is C[N-]c1ncc(C(=O)O)s1.[Rb+]. The second kappa shape index (κ2) is 5.37. The van der Waals surface area contributed by atoms with Crippen molar-refractivity contribution in [2.24, 2.45) is 0 Å². The number of hydrogen-bond acceptors (Lipinski definition) is 3. The number of carboxylic acid groups (broad SMARTS) is 1. The minimum absolute atomic E-state index is 0. The number of carboxylic acids is 1. The van der Waals surface area contributed by atoms with Crippen LogP contribution in [0, 0.1) is 0 Å². The fraction of sp³-hybridized carbons (Fsp3) is 0.200. The Balaban J connectivity index is 0.000001000. The number of thiazole rings is 1. The topological polar surface area (TPSA) is 64.3 Å². The maximum absolute atomic E-state index is 10.3. The van der Waals surface area contributed by atoms with E-state index in [1.165, 1.54) is 6.20 Å². The maximum Gasteiger partial charge on any atom is 1.00 e. The molecule has 1 N–H and O–H groups in total. The van der Waals surface area contributed by atoms with Crippen molar-refractivity contribution in [1.29, 1.82) is 0 Å². The van der Waals surface area contributed by atoms with Gasteiger partial charge in [0.2, 0.25) is 0 Å². The molecule has 0 bridgehead atoms. The van der Waals surface area contributed by atoms with Gasteiger partial charge in [0.15, 0.2) is 0 Å². The molecule has 11 heavy (non-hydrogen) atoms. The molecule has 0 aliphatic heterocycles. The average molecular weight is 243 g/mol. The van der Waals surface area contributed by atoms with Crippen molar-refractivity contribution in [3.8, 4) is 0 Å². The van der Waals surface area contributed by atoms with Gasteiger partial charge in [-0.05, 0) is 5.13 Å². The molecule has 1 heterocycles. The van der Waals surface area contributed by atoms with Crippen LogP contribution < -0.4 is 58.2 Å². The fourth-order valence-corrected chi connectivity index (χ4v) is 1.05. The van der Waals surface area contributed by atoms with E-state index < -0.39 is 5.97 Å². The van der Waals surface area contributed by atoms with E-state index in [1.807, 2.05) is 0 Å². The Labute approximate surface area is 117 Å². The molecular formula is C5H5N2O2RbS. The quantitative estimate of drug-likeness (QED) is 0.685. The minimum atomic E-state index is -0.951. The van der Waals surface area contributed by atoms with Crippen molar-refractivity contribution >= 4 is 22.4 Å². The van der Waals surface area contributed by atoms with Crippen LogP contribution >= 0.6 is 11.3 Å². The molecule has 1 rings (SSSR count). The molecule has 0 saturated carbocycles. The number of hydrogen-bond donors (Lipinski definition) is 1. The summed E-state index contributed by atoms with van der Waals surface area (Å²) in [6.07, 6.45) is 1.30. The molecule has 54 valence electrons. The number of carbonyl (C=O) groups is 1. The van der Waals surface area contributed by atoms with Gasteiger partial charge in [-0.15, -0.1) is 11.3 Å². The van der Waals surface area contributed by atoms with Crippen LogP contribution in [0.15, 0.2) is 6.20 Å². The maximum atomic E-state index is 10.3. The zero-order valence-corrected chi connectivity index (χ0v) is 12.0. The molecule has 1 aromatic heterocycles. The van der Waals surface area contributed by atoms with Gasteiger partial charge in [-0.1, -0.05) is 13.2 Å². The van der Waals surface area contributed by atoms with Crippen molar-refractivity contribution in [2.45, 2.75) is 0 Å². The van der Waals surface area contributed by atoms with Crippen LogP contribution in [-0.2, 0) is 0 Å². The Hall–Kier alpha value is 0.705. The summed E-state index contributed by atoms with van der Waals surface area (Å²) in [4.78, 5) is 14.2. The van der Waals surface area contributed by atoms with Gasteiger partial charge in [-0.25, -0.2) is 4.79 Å². The Bertz CT molecular complexity index is 250. The third kappa shape index (κ3) is 3.29. The van der Waals surface area contributed by atoms with Gasteiger partial charge in [0.1, 0.15) is 4.88 Å². The molecule has 0 fully saturated rings. The first-order chi connectivity index (χ1) is 4.74. The van der Waals surface area contributed by atoms with Crippen LogP contribution in [0.3, 0.4) is 0 Å². The van der Waals surface area contributed by atoms with Gasteiger partial charge in [0.05, 0.1) is 0 Å². The summed E-state index contributed by atoms with van der Waals surface area (Å²) in [5, 5.41) is 12.6. The molecule has 0 aliphatic carbocycles. The van der Waals surface area contributed by atoms with Crippen LogP contribution in [0.4, 0.5) is 5.13 Å². The Kier molecular flexibility index (Phi) is 5.71. The average Bonchev–Trinajstić information content (AvgIpc) is 2.34. The minimum Gasteiger partial charge on any atom is -0.477 e. The van der Waals surface area contributed by atoms with E-state index in [9.17, 15) is 4.79 Å². The molecule has 0 saturated heterocycles. The zero-order valence-electron chi connectivity index (χ0n) is 6.24. The molecule has 4 nitrogen and oxygen atoms in total. The Morgan fingerprint density at radius 2 is 2.45 bits per heavy atom. The van der Waals surface area contributed by atoms with Gasteiger partial charge in [-0.3, -0.25) is 0 Å². The summed E-state index contributed by atoms with van der Waals surface area (Å²) < 4.78 is 0. The predicted molar refractivity (Wildman–Crippen MR) is 38.0 cm³/mol. The summed E-state index contributed by atoms with van der Waals surface area (Å²) in [7, 11) is 1.57. The summed E-state index contributed by atoms with van der Waals surface area (Å²) in [6.45, 7) is 0. The van der Waals surface area contributed by atoms with Crippen molar-refractivity contribution in [2.75, 3.05) is 7.05 Å². The summed E-state index contributed by atoms with van der Waals surface area (Å²) in [6, 6.07) is 0. The number of rotatable bonds is 2. The summed E-state index contributed by atoms with van der Waals surface area (Å²) in [5.74, 6) is -0.951. The number of aromatic carboxylic acids is 1. The normalized spacial score (nSPS) is 8.45. The first-order valence-corrected chi connectivity index (χ1v) is 3.34. The monoisotopic (exact) mass is 242 g/mol. The van der Waals surface area contributed by atoms with E-state index in [-0.39, 0.29) is 63.1 Å². The van der Waals surface area contributed by atoms with E-state index in [0.717, 1.165) is 11.3 Å². The summed E-state index contributed by atoms with van der Waals surface area (Å²) in [5.41, 5.74) is 0. The third-order valence-electron chi connectivity index (χ3n) is 0.896. The number of nitrogens with zero attached hydrogens (tertiary/aromatic N) is 2. The van der Waals surface area contributed by atoms with Crippen LogP contribution in [0.25, 0.3) is 5.32 Å². The molecule has 0 aliphatic rings. The first kappa shape index (κ1) is 11.7. The smallest absolute Gasteiger partial charge is 0.477 e. The fourth-order valence-electron chi connectivity index (χ4n) is 0.467. The second-order valence-corrected chi connectivity index (χ2v) is 2.54.